The first-order valence-corrected chi connectivity index (χ1v) is 8.80. The minimum Gasteiger partial charge on any atom is -0.497 e. The van der Waals surface area contributed by atoms with Crippen molar-refractivity contribution in [3.8, 4) is 5.75 Å². The van der Waals surface area contributed by atoms with Crippen LogP contribution in [-0.2, 0) is 0 Å². The maximum atomic E-state index is 9.89. The van der Waals surface area contributed by atoms with Crippen LogP contribution >= 0.6 is 11.8 Å². The number of hydrogen-bond donors (Lipinski definition) is 2. The van der Waals surface area contributed by atoms with Gasteiger partial charge in [0.05, 0.1) is 13.7 Å². The Bertz CT molecular complexity index is 478. The predicted molar refractivity (Wildman–Crippen MR) is 87.1 cm³/mol. The Labute approximate surface area is 131 Å². The molecule has 2 unspecified atom stereocenters. The Morgan fingerprint density at radius 1 is 1.38 bits per heavy atom. The molecule has 0 bridgehead atoms. The highest BCUT2D eigenvalue weighted by atomic mass is 32.2. The van der Waals surface area contributed by atoms with Crippen LogP contribution < -0.4 is 10.1 Å². The van der Waals surface area contributed by atoms with Crippen LogP contribution in [0, 0.1) is 0 Å². The maximum Gasteiger partial charge on any atom is 0.119 e. The van der Waals surface area contributed by atoms with E-state index in [9.17, 15) is 5.11 Å². The standard InChI is InChI=1S/C17H25NO2S/c1-20-14-4-2-5-15(10-14)21-16-6-3-9-17(11-16,12-19)18-13-7-8-13/h2,4-5,10,13,16,18-19H,3,6-9,11-12H2,1H3. The molecule has 1 aromatic carbocycles. The predicted octanol–water partition coefficient (Wildman–Crippen LogP) is 3.21. The summed E-state index contributed by atoms with van der Waals surface area (Å²) in [5, 5.41) is 14.2. The summed E-state index contributed by atoms with van der Waals surface area (Å²) in [6.07, 6.45) is 7.14. The third-order valence-electron chi connectivity index (χ3n) is 4.53. The van der Waals surface area contributed by atoms with Gasteiger partial charge in [-0.25, -0.2) is 0 Å². The van der Waals surface area contributed by atoms with E-state index in [1.807, 2.05) is 23.9 Å². The van der Waals surface area contributed by atoms with Crippen molar-refractivity contribution >= 4 is 11.8 Å². The average molecular weight is 307 g/mol. The summed E-state index contributed by atoms with van der Waals surface area (Å²) in [7, 11) is 1.71. The number of thioether (sulfide) groups is 1. The molecule has 0 heterocycles. The Hall–Kier alpha value is -0.710. The summed E-state index contributed by atoms with van der Waals surface area (Å²) in [6.45, 7) is 0.263. The van der Waals surface area contributed by atoms with Crippen LogP contribution in [-0.4, -0.2) is 35.7 Å². The van der Waals surface area contributed by atoms with Gasteiger partial charge in [0, 0.05) is 21.7 Å². The van der Waals surface area contributed by atoms with Gasteiger partial charge in [0.15, 0.2) is 0 Å². The summed E-state index contributed by atoms with van der Waals surface area (Å²) in [5.41, 5.74) is -0.0457. The number of rotatable bonds is 6. The summed E-state index contributed by atoms with van der Waals surface area (Å²) in [5.74, 6) is 0.917. The summed E-state index contributed by atoms with van der Waals surface area (Å²) >= 11 is 1.93. The van der Waals surface area contributed by atoms with Gasteiger partial charge in [0.2, 0.25) is 0 Å². The number of methoxy groups -OCH3 is 1. The molecule has 2 saturated carbocycles. The van der Waals surface area contributed by atoms with Crippen LogP contribution in [0.25, 0.3) is 0 Å². The molecule has 0 amide bonds. The number of aliphatic hydroxyl groups excluding tert-OH is 1. The van der Waals surface area contributed by atoms with Crippen LogP contribution in [0.5, 0.6) is 5.75 Å². The summed E-state index contributed by atoms with van der Waals surface area (Å²) in [6, 6.07) is 8.94. The maximum absolute atomic E-state index is 9.89. The smallest absolute Gasteiger partial charge is 0.119 e. The fourth-order valence-corrected chi connectivity index (χ4v) is 4.67. The number of hydrogen-bond acceptors (Lipinski definition) is 4. The van der Waals surface area contributed by atoms with Crippen molar-refractivity contribution < 1.29 is 9.84 Å². The number of nitrogens with one attached hydrogen (secondary N) is 1. The molecule has 116 valence electrons. The lowest BCUT2D eigenvalue weighted by Gasteiger charge is -2.40. The van der Waals surface area contributed by atoms with Gasteiger partial charge < -0.3 is 15.2 Å². The van der Waals surface area contributed by atoms with Crippen molar-refractivity contribution in [1.82, 2.24) is 5.32 Å². The van der Waals surface area contributed by atoms with E-state index >= 15 is 0 Å². The lowest BCUT2D eigenvalue weighted by Crippen LogP contribution is -2.53. The summed E-state index contributed by atoms with van der Waals surface area (Å²) in [4.78, 5) is 1.26. The molecule has 2 atom stereocenters. The quantitative estimate of drug-likeness (QED) is 0.847. The number of benzene rings is 1. The monoisotopic (exact) mass is 307 g/mol. The van der Waals surface area contributed by atoms with Crippen LogP contribution in [0.15, 0.2) is 29.2 Å². The zero-order chi connectivity index (χ0) is 14.7. The van der Waals surface area contributed by atoms with E-state index < -0.39 is 0 Å². The molecule has 2 aliphatic carbocycles. The second-order valence-corrected chi connectivity index (χ2v) is 7.75. The van der Waals surface area contributed by atoms with Crippen molar-refractivity contribution in [2.45, 2.75) is 60.3 Å². The molecule has 0 saturated heterocycles. The molecule has 1 aromatic rings. The molecule has 3 nitrogen and oxygen atoms in total. The zero-order valence-corrected chi connectivity index (χ0v) is 13.5. The van der Waals surface area contributed by atoms with E-state index in [1.54, 1.807) is 7.11 Å². The van der Waals surface area contributed by atoms with Gasteiger partial charge in [-0.2, -0.15) is 0 Å². The van der Waals surface area contributed by atoms with Crippen molar-refractivity contribution in [3.63, 3.8) is 0 Å². The Morgan fingerprint density at radius 2 is 2.24 bits per heavy atom. The lowest BCUT2D eigenvalue weighted by molar-refractivity contribution is 0.122. The Balaban J connectivity index is 1.64. The number of aliphatic hydroxyl groups is 1. The second-order valence-electron chi connectivity index (χ2n) is 6.37. The van der Waals surface area contributed by atoms with E-state index in [1.165, 1.54) is 30.6 Å². The molecule has 0 radical (unpaired) electrons. The molecule has 2 N–H and O–H groups in total. The fraction of sp³-hybridized carbons (Fsp3) is 0.647. The van der Waals surface area contributed by atoms with Gasteiger partial charge in [-0.1, -0.05) is 12.5 Å². The van der Waals surface area contributed by atoms with E-state index in [0.717, 1.165) is 18.6 Å². The minimum atomic E-state index is -0.0457. The third-order valence-corrected chi connectivity index (χ3v) is 5.80. The third kappa shape index (κ3) is 3.93. The van der Waals surface area contributed by atoms with Gasteiger partial charge in [-0.15, -0.1) is 11.8 Å². The minimum absolute atomic E-state index is 0.0457. The van der Waals surface area contributed by atoms with Gasteiger partial charge in [-0.05, 0) is 50.3 Å². The fourth-order valence-electron chi connectivity index (χ4n) is 3.26. The van der Waals surface area contributed by atoms with Crippen molar-refractivity contribution in [3.05, 3.63) is 24.3 Å². The SMILES string of the molecule is COc1cccc(SC2CCCC(CO)(NC3CC3)C2)c1. The largest absolute Gasteiger partial charge is 0.497 e. The molecule has 0 aliphatic heterocycles. The Morgan fingerprint density at radius 3 is 2.95 bits per heavy atom. The molecule has 3 rings (SSSR count). The average Bonchev–Trinajstić information content (AvgIpc) is 3.31. The highest BCUT2D eigenvalue weighted by Gasteiger charge is 2.39. The van der Waals surface area contributed by atoms with E-state index in [2.05, 4.69) is 17.4 Å². The molecule has 2 aliphatic rings. The highest BCUT2D eigenvalue weighted by Crippen LogP contribution is 2.40. The first-order valence-electron chi connectivity index (χ1n) is 7.92. The van der Waals surface area contributed by atoms with Crippen LogP contribution in [0.3, 0.4) is 0 Å². The van der Waals surface area contributed by atoms with Crippen molar-refractivity contribution in [2.24, 2.45) is 0 Å². The topological polar surface area (TPSA) is 41.5 Å². The van der Waals surface area contributed by atoms with Crippen molar-refractivity contribution in [2.75, 3.05) is 13.7 Å². The van der Waals surface area contributed by atoms with E-state index in [-0.39, 0.29) is 12.1 Å². The van der Waals surface area contributed by atoms with Crippen LogP contribution in [0.1, 0.15) is 38.5 Å². The lowest BCUT2D eigenvalue weighted by atomic mass is 9.82. The molecule has 0 aromatic heterocycles. The first kappa shape index (κ1) is 15.2. The highest BCUT2D eigenvalue weighted by molar-refractivity contribution is 8.00. The van der Waals surface area contributed by atoms with Gasteiger partial charge in [0.1, 0.15) is 5.75 Å². The first-order chi connectivity index (χ1) is 10.2. The molecular formula is C17H25NO2S. The Kier molecular flexibility index (Phi) is 4.77. The van der Waals surface area contributed by atoms with E-state index in [0.29, 0.717) is 11.3 Å². The van der Waals surface area contributed by atoms with Gasteiger partial charge in [-0.3, -0.25) is 0 Å². The zero-order valence-electron chi connectivity index (χ0n) is 12.7. The number of ether oxygens (including phenoxy) is 1. The molecule has 4 heteroatoms. The van der Waals surface area contributed by atoms with Gasteiger partial charge in [0.25, 0.3) is 0 Å². The molecular weight excluding hydrogens is 282 g/mol. The molecule has 2 fully saturated rings. The molecule has 0 spiro atoms. The summed E-state index contributed by atoms with van der Waals surface area (Å²) < 4.78 is 5.30. The van der Waals surface area contributed by atoms with Crippen molar-refractivity contribution in [1.29, 1.82) is 0 Å². The normalized spacial score (nSPS) is 29.3. The van der Waals surface area contributed by atoms with E-state index in [4.69, 9.17) is 4.74 Å². The molecule has 21 heavy (non-hydrogen) atoms. The van der Waals surface area contributed by atoms with Gasteiger partial charge >= 0.3 is 0 Å². The van der Waals surface area contributed by atoms with Crippen LogP contribution in [0.4, 0.5) is 0 Å². The second kappa shape index (κ2) is 6.59. The van der Waals surface area contributed by atoms with Crippen LogP contribution in [0.2, 0.25) is 0 Å².